The van der Waals surface area contributed by atoms with Crippen molar-refractivity contribution in [1.82, 2.24) is 0 Å². The smallest absolute Gasteiger partial charge is 0.267 e. The molecule has 146 valence electrons. The first-order valence-electron chi connectivity index (χ1n) is 8.50. The highest BCUT2D eigenvalue weighted by Gasteiger charge is 2.29. The molecule has 5 nitrogen and oxygen atoms in total. The zero-order valence-electron chi connectivity index (χ0n) is 15.5. The highest BCUT2D eigenvalue weighted by atomic mass is 32.2. The third-order valence-corrected chi connectivity index (χ3v) is 6.06. The molecule has 28 heavy (non-hydrogen) atoms. The predicted molar refractivity (Wildman–Crippen MR) is 106 cm³/mol. The van der Waals surface area contributed by atoms with Gasteiger partial charge in [-0.15, -0.1) is 0 Å². The van der Waals surface area contributed by atoms with Crippen LogP contribution < -0.4 is 13.8 Å². The standard InChI is InChI=1S/C21H20FNO4S/c1-26-18-10-7-9-17(14-18)23(15-16-8-3-5-12-20(16)27-2)28(24,25)21-13-6-4-11-19(21)22/h3-14H,15H2,1-2H3. The molecule has 0 saturated carbocycles. The number of nitrogens with zero attached hydrogens (tertiary/aromatic N) is 1. The zero-order valence-corrected chi connectivity index (χ0v) is 16.3. The van der Waals surface area contributed by atoms with Gasteiger partial charge >= 0.3 is 0 Å². The molecule has 0 N–H and O–H groups in total. The molecule has 3 aromatic rings. The summed E-state index contributed by atoms with van der Waals surface area (Å²) in [6.45, 7) is -0.0339. The Bertz CT molecular complexity index is 1070. The van der Waals surface area contributed by atoms with Gasteiger partial charge in [0.1, 0.15) is 22.2 Å². The van der Waals surface area contributed by atoms with Crippen molar-refractivity contribution in [2.45, 2.75) is 11.4 Å². The van der Waals surface area contributed by atoms with Crippen LogP contribution in [0.15, 0.2) is 77.7 Å². The van der Waals surface area contributed by atoms with Crippen molar-refractivity contribution in [2.24, 2.45) is 0 Å². The van der Waals surface area contributed by atoms with Crippen molar-refractivity contribution in [3.05, 3.63) is 84.2 Å². The van der Waals surface area contributed by atoms with Crippen LogP contribution in [-0.4, -0.2) is 22.6 Å². The van der Waals surface area contributed by atoms with Crippen LogP contribution in [0.2, 0.25) is 0 Å². The van der Waals surface area contributed by atoms with E-state index in [1.54, 1.807) is 48.5 Å². The lowest BCUT2D eigenvalue weighted by Crippen LogP contribution is -2.31. The average Bonchev–Trinajstić information content (AvgIpc) is 2.72. The maximum absolute atomic E-state index is 14.3. The molecule has 0 radical (unpaired) electrons. The third-order valence-electron chi connectivity index (χ3n) is 4.25. The summed E-state index contributed by atoms with van der Waals surface area (Å²) < 4.78 is 52.8. The minimum Gasteiger partial charge on any atom is -0.497 e. The second-order valence-electron chi connectivity index (χ2n) is 5.96. The summed E-state index contributed by atoms with van der Waals surface area (Å²) in [6.07, 6.45) is 0. The van der Waals surface area contributed by atoms with Crippen molar-refractivity contribution < 1.29 is 22.3 Å². The number of para-hydroxylation sites is 1. The lowest BCUT2D eigenvalue weighted by atomic mass is 10.2. The lowest BCUT2D eigenvalue weighted by molar-refractivity contribution is 0.409. The van der Waals surface area contributed by atoms with Gasteiger partial charge in [0.25, 0.3) is 10.0 Å². The molecule has 3 aromatic carbocycles. The van der Waals surface area contributed by atoms with Gasteiger partial charge in [-0.05, 0) is 30.3 Å². The molecule has 0 aliphatic heterocycles. The summed E-state index contributed by atoms with van der Waals surface area (Å²) in [5, 5.41) is 0. The highest BCUT2D eigenvalue weighted by molar-refractivity contribution is 7.92. The number of sulfonamides is 1. The predicted octanol–water partition coefficient (Wildman–Crippen LogP) is 4.24. The molecule has 7 heteroatoms. The molecule has 0 saturated heterocycles. The van der Waals surface area contributed by atoms with Crippen LogP contribution in [0.1, 0.15) is 5.56 Å². The van der Waals surface area contributed by atoms with Crippen LogP contribution in [-0.2, 0) is 16.6 Å². The maximum atomic E-state index is 14.3. The van der Waals surface area contributed by atoms with Gasteiger partial charge in [-0.2, -0.15) is 0 Å². The van der Waals surface area contributed by atoms with Gasteiger partial charge in [0, 0.05) is 11.6 Å². The van der Waals surface area contributed by atoms with E-state index in [2.05, 4.69) is 0 Å². The summed E-state index contributed by atoms with van der Waals surface area (Å²) >= 11 is 0. The Morgan fingerprint density at radius 1 is 0.893 bits per heavy atom. The minimum absolute atomic E-state index is 0.0339. The lowest BCUT2D eigenvalue weighted by Gasteiger charge is -2.26. The van der Waals surface area contributed by atoms with E-state index in [1.807, 2.05) is 0 Å². The molecule has 0 spiro atoms. The molecule has 0 unspecified atom stereocenters. The molecule has 0 fully saturated rings. The number of hydrogen-bond acceptors (Lipinski definition) is 4. The molecule has 0 bridgehead atoms. The number of anilines is 1. The van der Waals surface area contributed by atoms with Crippen LogP contribution in [0, 0.1) is 5.82 Å². The Hall–Kier alpha value is -3.06. The molecule has 0 aromatic heterocycles. The Morgan fingerprint density at radius 2 is 1.61 bits per heavy atom. The van der Waals surface area contributed by atoms with Crippen molar-refractivity contribution in [1.29, 1.82) is 0 Å². The normalized spacial score (nSPS) is 11.1. The van der Waals surface area contributed by atoms with Crippen molar-refractivity contribution in [2.75, 3.05) is 18.5 Å². The molecule has 0 heterocycles. The van der Waals surface area contributed by atoms with Gasteiger partial charge < -0.3 is 9.47 Å². The van der Waals surface area contributed by atoms with E-state index in [0.29, 0.717) is 22.7 Å². The summed E-state index contributed by atoms with van der Waals surface area (Å²) in [5.41, 5.74) is 1.00. The van der Waals surface area contributed by atoms with Crippen LogP contribution in [0.5, 0.6) is 11.5 Å². The quantitative estimate of drug-likeness (QED) is 0.594. The van der Waals surface area contributed by atoms with Gasteiger partial charge in [0.15, 0.2) is 0 Å². The maximum Gasteiger partial charge on any atom is 0.267 e. The van der Waals surface area contributed by atoms with E-state index in [1.165, 1.54) is 32.4 Å². The van der Waals surface area contributed by atoms with E-state index >= 15 is 0 Å². The molecular weight excluding hydrogens is 381 g/mol. The Balaban J connectivity index is 2.15. The SMILES string of the molecule is COc1cccc(N(Cc2ccccc2OC)S(=O)(=O)c2ccccc2F)c1. The first kappa shape index (κ1) is 19.7. The molecule has 0 amide bonds. The highest BCUT2D eigenvalue weighted by Crippen LogP contribution is 2.31. The van der Waals surface area contributed by atoms with E-state index in [4.69, 9.17) is 9.47 Å². The van der Waals surface area contributed by atoms with E-state index in [0.717, 1.165) is 10.4 Å². The van der Waals surface area contributed by atoms with Crippen molar-refractivity contribution >= 4 is 15.7 Å². The molecule has 3 rings (SSSR count). The minimum atomic E-state index is -4.19. The van der Waals surface area contributed by atoms with Crippen molar-refractivity contribution in [3.63, 3.8) is 0 Å². The topological polar surface area (TPSA) is 55.8 Å². The molecule has 0 aliphatic carbocycles. The van der Waals surface area contributed by atoms with E-state index in [-0.39, 0.29) is 6.54 Å². The summed E-state index contributed by atoms with van der Waals surface area (Å²) in [4.78, 5) is -0.396. The number of methoxy groups -OCH3 is 2. The monoisotopic (exact) mass is 401 g/mol. The molecule has 0 atom stereocenters. The number of benzene rings is 3. The average molecular weight is 401 g/mol. The fraction of sp³-hybridized carbons (Fsp3) is 0.143. The first-order chi connectivity index (χ1) is 13.5. The Labute approximate surface area is 164 Å². The fourth-order valence-electron chi connectivity index (χ4n) is 2.84. The number of ether oxygens (including phenoxy) is 2. The van der Waals surface area contributed by atoms with Crippen molar-refractivity contribution in [3.8, 4) is 11.5 Å². The molecular formula is C21H20FNO4S. The summed E-state index contributed by atoms with van der Waals surface area (Å²) in [5.74, 6) is 0.223. The zero-order chi connectivity index (χ0) is 20.1. The number of halogens is 1. The van der Waals surface area contributed by atoms with Gasteiger partial charge in [-0.25, -0.2) is 12.8 Å². The Morgan fingerprint density at radius 3 is 2.32 bits per heavy atom. The fourth-order valence-corrected chi connectivity index (χ4v) is 4.34. The molecule has 0 aliphatic rings. The summed E-state index contributed by atoms with van der Waals surface area (Å²) in [6, 6.07) is 19.0. The van der Waals surface area contributed by atoms with Gasteiger partial charge in [0.05, 0.1) is 26.5 Å². The van der Waals surface area contributed by atoms with Gasteiger partial charge in [-0.1, -0.05) is 36.4 Å². The van der Waals surface area contributed by atoms with Crippen LogP contribution in [0.3, 0.4) is 0 Å². The largest absolute Gasteiger partial charge is 0.497 e. The first-order valence-corrected chi connectivity index (χ1v) is 9.94. The van der Waals surface area contributed by atoms with Gasteiger partial charge in [0.2, 0.25) is 0 Å². The Kier molecular flexibility index (Phi) is 5.84. The van der Waals surface area contributed by atoms with Crippen LogP contribution in [0.4, 0.5) is 10.1 Å². The number of hydrogen-bond donors (Lipinski definition) is 0. The summed E-state index contributed by atoms with van der Waals surface area (Å²) in [7, 11) is -1.18. The van der Waals surface area contributed by atoms with E-state index < -0.39 is 20.7 Å². The van der Waals surface area contributed by atoms with Crippen LogP contribution in [0.25, 0.3) is 0 Å². The van der Waals surface area contributed by atoms with E-state index in [9.17, 15) is 12.8 Å². The second kappa shape index (κ2) is 8.31. The van der Waals surface area contributed by atoms with Crippen LogP contribution >= 0.6 is 0 Å². The number of rotatable bonds is 7. The second-order valence-corrected chi connectivity index (χ2v) is 7.79. The third kappa shape index (κ3) is 3.94. The van der Waals surface area contributed by atoms with Gasteiger partial charge in [-0.3, -0.25) is 4.31 Å².